The predicted molar refractivity (Wildman–Crippen MR) is 64.4 cm³/mol. The monoisotopic (exact) mass is 200 g/mol. The zero-order chi connectivity index (χ0) is 11.4. The van der Waals surface area contributed by atoms with E-state index in [1.54, 1.807) is 0 Å². The highest BCUT2D eigenvalue weighted by atomic mass is 15.1. The van der Waals surface area contributed by atoms with E-state index in [0.29, 0.717) is 17.4 Å². The Labute approximate surface area is 89.9 Å². The summed E-state index contributed by atoms with van der Waals surface area (Å²) < 4.78 is 0. The second-order valence-corrected chi connectivity index (χ2v) is 5.99. The quantitative estimate of drug-likeness (QED) is 0.738. The molecule has 2 heteroatoms. The molecule has 86 valence electrons. The van der Waals surface area contributed by atoms with Crippen molar-refractivity contribution >= 4 is 0 Å². The zero-order valence-corrected chi connectivity index (χ0v) is 10.8. The van der Waals surface area contributed by atoms with Crippen molar-refractivity contribution in [2.45, 2.75) is 47.1 Å². The van der Waals surface area contributed by atoms with Crippen LogP contribution in [0, 0.1) is 11.3 Å². The largest absolute Gasteiger partial charge is 0.327 e. The molecule has 0 amide bonds. The fraction of sp³-hybridized carbons (Fsp3) is 1.00. The average Bonchev–Trinajstić information content (AvgIpc) is 1.96. The highest BCUT2D eigenvalue weighted by Crippen LogP contribution is 2.14. The van der Waals surface area contributed by atoms with Crippen LogP contribution in [0.2, 0.25) is 0 Å². The standard InChI is InChI=1S/C12H28N2/c1-10(2)11(13)7-8-14(6)9-12(3,4)5/h10-11H,7-9,13H2,1-6H3. The Kier molecular flexibility index (Phi) is 5.68. The SMILES string of the molecule is CC(C)C(N)CCN(C)CC(C)(C)C. The van der Waals surface area contributed by atoms with Crippen LogP contribution in [0.1, 0.15) is 41.0 Å². The van der Waals surface area contributed by atoms with Crippen molar-refractivity contribution in [1.82, 2.24) is 4.90 Å². The molecule has 2 N–H and O–H groups in total. The first kappa shape index (κ1) is 13.9. The molecular formula is C12H28N2. The Hall–Kier alpha value is -0.0800. The third-order valence-corrected chi connectivity index (χ3v) is 2.44. The smallest absolute Gasteiger partial charge is 0.00740 e. The maximum Gasteiger partial charge on any atom is 0.00740 e. The van der Waals surface area contributed by atoms with E-state index in [1.165, 1.54) is 0 Å². The van der Waals surface area contributed by atoms with Gasteiger partial charge in [-0.05, 0) is 31.3 Å². The van der Waals surface area contributed by atoms with E-state index >= 15 is 0 Å². The molecule has 14 heavy (non-hydrogen) atoms. The summed E-state index contributed by atoms with van der Waals surface area (Å²) in [6.45, 7) is 13.4. The maximum absolute atomic E-state index is 6.00. The third kappa shape index (κ3) is 7.34. The average molecular weight is 200 g/mol. The molecule has 0 fully saturated rings. The predicted octanol–water partition coefficient (Wildman–Crippen LogP) is 2.34. The molecule has 0 bridgehead atoms. The van der Waals surface area contributed by atoms with E-state index in [4.69, 9.17) is 5.73 Å². The fourth-order valence-electron chi connectivity index (χ4n) is 1.59. The van der Waals surface area contributed by atoms with Gasteiger partial charge in [0.15, 0.2) is 0 Å². The van der Waals surface area contributed by atoms with Gasteiger partial charge in [0, 0.05) is 12.6 Å². The normalized spacial score (nSPS) is 15.2. The van der Waals surface area contributed by atoms with Crippen molar-refractivity contribution in [2.24, 2.45) is 17.1 Å². The molecule has 1 unspecified atom stereocenters. The van der Waals surface area contributed by atoms with Crippen LogP contribution in [0.15, 0.2) is 0 Å². The molecule has 1 atom stereocenters. The van der Waals surface area contributed by atoms with Crippen molar-refractivity contribution in [3.8, 4) is 0 Å². The molecule has 0 saturated carbocycles. The van der Waals surface area contributed by atoms with Crippen molar-refractivity contribution in [3.05, 3.63) is 0 Å². The summed E-state index contributed by atoms with van der Waals surface area (Å²) in [5.74, 6) is 0.595. The number of hydrogen-bond acceptors (Lipinski definition) is 2. The molecule has 0 aliphatic heterocycles. The molecule has 0 aliphatic carbocycles. The van der Waals surface area contributed by atoms with Crippen molar-refractivity contribution in [2.75, 3.05) is 20.1 Å². The Morgan fingerprint density at radius 3 is 2.07 bits per heavy atom. The van der Waals surface area contributed by atoms with Crippen LogP contribution in [0.3, 0.4) is 0 Å². The second kappa shape index (κ2) is 5.72. The van der Waals surface area contributed by atoms with Gasteiger partial charge in [0.2, 0.25) is 0 Å². The van der Waals surface area contributed by atoms with Crippen molar-refractivity contribution in [1.29, 1.82) is 0 Å². The molecular weight excluding hydrogens is 172 g/mol. The van der Waals surface area contributed by atoms with Gasteiger partial charge in [-0.1, -0.05) is 34.6 Å². The minimum Gasteiger partial charge on any atom is -0.327 e. The zero-order valence-electron chi connectivity index (χ0n) is 10.8. The van der Waals surface area contributed by atoms with Gasteiger partial charge in [-0.2, -0.15) is 0 Å². The lowest BCUT2D eigenvalue weighted by molar-refractivity contribution is 0.216. The molecule has 0 aliphatic rings. The van der Waals surface area contributed by atoms with Gasteiger partial charge in [0.1, 0.15) is 0 Å². The summed E-state index contributed by atoms with van der Waals surface area (Å²) in [4.78, 5) is 2.38. The lowest BCUT2D eigenvalue weighted by Crippen LogP contribution is -2.35. The van der Waals surface area contributed by atoms with Crippen LogP contribution >= 0.6 is 0 Å². The first-order valence-corrected chi connectivity index (χ1v) is 5.66. The van der Waals surface area contributed by atoms with E-state index in [9.17, 15) is 0 Å². The van der Waals surface area contributed by atoms with Gasteiger partial charge in [-0.3, -0.25) is 0 Å². The second-order valence-electron chi connectivity index (χ2n) is 5.99. The molecule has 0 aromatic carbocycles. The summed E-state index contributed by atoms with van der Waals surface area (Å²) in [6, 6.07) is 0.345. The molecule has 0 aromatic heterocycles. The Morgan fingerprint density at radius 2 is 1.71 bits per heavy atom. The van der Waals surface area contributed by atoms with Gasteiger partial charge < -0.3 is 10.6 Å². The van der Waals surface area contributed by atoms with Crippen LogP contribution < -0.4 is 5.73 Å². The molecule has 0 saturated heterocycles. The summed E-state index contributed by atoms with van der Waals surface area (Å²) in [5, 5.41) is 0. The van der Waals surface area contributed by atoms with Crippen LogP contribution in [0.5, 0.6) is 0 Å². The van der Waals surface area contributed by atoms with E-state index in [-0.39, 0.29) is 0 Å². The molecule has 0 spiro atoms. The van der Waals surface area contributed by atoms with E-state index in [0.717, 1.165) is 19.5 Å². The lowest BCUT2D eigenvalue weighted by atomic mass is 9.95. The van der Waals surface area contributed by atoms with Gasteiger partial charge in [-0.15, -0.1) is 0 Å². The van der Waals surface area contributed by atoms with Gasteiger partial charge in [0.05, 0.1) is 0 Å². The Balaban J connectivity index is 3.69. The number of nitrogens with two attached hydrogens (primary N) is 1. The van der Waals surface area contributed by atoms with E-state index in [2.05, 4.69) is 46.6 Å². The van der Waals surface area contributed by atoms with E-state index < -0.39 is 0 Å². The summed E-state index contributed by atoms with van der Waals surface area (Å²) in [7, 11) is 2.18. The molecule has 0 radical (unpaired) electrons. The van der Waals surface area contributed by atoms with Crippen LogP contribution in [-0.4, -0.2) is 31.1 Å². The van der Waals surface area contributed by atoms with E-state index in [1.807, 2.05) is 0 Å². The molecule has 2 nitrogen and oxygen atoms in total. The van der Waals surface area contributed by atoms with Crippen LogP contribution in [-0.2, 0) is 0 Å². The first-order chi connectivity index (χ1) is 6.22. The summed E-state index contributed by atoms with van der Waals surface area (Å²) in [6.07, 6.45) is 1.10. The Morgan fingerprint density at radius 1 is 1.21 bits per heavy atom. The first-order valence-electron chi connectivity index (χ1n) is 5.66. The van der Waals surface area contributed by atoms with Gasteiger partial charge >= 0.3 is 0 Å². The fourth-order valence-corrected chi connectivity index (χ4v) is 1.59. The van der Waals surface area contributed by atoms with Crippen LogP contribution in [0.25, 0.3) is 0 Å². The number of rotatable bonds is 5. The van der Waals surface area contributed by atoms with Gasteiger partial charge in [-0.25, -0.2) is 0 Å². The highest BCUT2D eigenvalue weighted by molar-refractivity contribution is 4.70. The molecule has 0 aromatic rings. The number of nitrogens with zero attached hydrogens (tertiary/aromatic N) is 1. The topological polar surface area (TPSA) is 29.3 Å². The summed E-state index contributed by atoms with van der Waals surface area (Å²) >= 11 is 0. The van der Waals surface area contributed by atoms with Crippen molar-refractivity contribution in [3.63, 3.8) is 0 Å². The summed E-state index contributed by atoms with van der Waals surface area (Å²) in [5.41, 5.74) is 6.39. The molecule has 0 rings (SSSR count). The maximum atomic E-state index is 6.00. The highest BCUT2D eigenvalue weighted by Gasteiger charge is 2.14. The van der Waals surface area contributed by atoms with Gasteiger partial charge in [0.25, 0.3) is 0 Å². The third-order valence-electron chi connectivity index (χ3n) is 2.44. The molecule has 0 heterocycles. The van der Waals surface area contributed by atoms with Crippen molar-refractivity contribution < 1.29 is 0 Å². The Bertz CT molecular complexity index is 147. The minimum absolute atomic E-state index is 0.345. The van der Waals surface area contributed by atoms with Crippen LogP contribution in [0.4, 0.5) is 0 Å². The minimum atomic E-state index is 0.345. The number of hydrogen-bond donors (Lipinski definition) is 1. The lowest BCUT2D eigenvalue weighted by Gasteiger charge is -2.27.